The second-order valence-corrected chi connectivity index (χ2v) is 4.11. The van der Waals surface area contributed by atoms with Crippen LogP contribution >= 0.6 is 0 Å². The molecule has 4 heteroatoms. The van der Waals surface area contributed by atoms with Crippen LogP contribution in [0.5, 0.6) is 0 Å². The van der Waals surface area contributed by atoms with Crippen molar-refractivity contribution in [1.82, 2.24) is 5.43 Å². The third-order valence-corrected chi connectivity index (χ3v) is 2.74. The number of amides is 2. The van der Waals surface area contributed by atoms with Crippen molar-refractivity contribution in [2.24, 2.45) is 10.8 Å². The molecule has 0 heterocycles. The summed E-state index contributed by atoms with van der Waals surface area (Å²) < 4.78 is 0. The van der Waals surface area contributed by atoms with E-state index >= 15 is 0 Å². The maximum atomic E-state index is 10.5. The lowest BCUT2D eigenvalue weighted by molar-refractivity contribution is 0.249. The number of nitrogens with two attached hydrogens (primary N) is 1. The number of carbonyl (C=O) groups excluding carboxylic acids is 1. The van der Waals surface area contributed by atoms with Crippen molar-refractivity contribution >= 4 is 11.7 Å². The first-order chi connectivity index (χ1) is 7.74. The van der Waals surface area contributed by atoms with Crippen molar-refractivity contribution in [3.8, 4) is 0 Å². The Hall–Kier alpha value is -1.32. The van der Waals surface area contributed by atoms with Gasteiger partial charge in [0.1, 0.15) is 0 Å². The molecule has 0 atom stereocenters. The summed E-state index contributed by atoms with van der Waals surface area (Å²) in [6, 6.07) is -0.593. The Bertz CT molecular complexity index is 295. The second kappa shape index (κ2) is 7.04. The van der Waals surface area contributed by atoms with Crippen LogP contribution in [0.15, 0.2) is 16.8 Å². The highest BCUT2D eigenvalue weighted by Crippen LogP contribution is 2.21. The molecule has 4 nitrogen and oxygen atoms in total. The van der Waals surface area contributed by atoms with E-state index < -0.39 is 6.03 Å². The topological polar surface area (TPSA) is 67.5 Å². The minimum Gasteiger partial charge on any atom is -0.350 e. The molecule has 1 aliphatic rings. The highest BCUT2D eigenvalue weighted by molar-refractivity contribution is 6.02. The van der Waals surface area contributed by atoms with Gasteiger partial charge in [0.25, 0.3) is 0 Å². The van der Waals surface area contributed by atoms with Crippen LogP contribution < -0.4 is 11.2 Å². The van der Waals surface area contributed by atoms with E-state index in [1.165, 1.54) is 31.3 Å². The van der Waals surface area contributed by atoms with Gasteiger partial charge in [-0.2, -0.15) is 5.10 Å². The molecule has 1 rings (SSSR count). The number of carbonyl (C=O) groups is 1. The van der Waals surface area contributed by atoms with Crippen LogP contribution in [0.1, 0.15) is 51.9 Å². The number of urea groups is 1. The van der Waals surface area contributed by atoms with Gasteiger partial charge in [-0.25, -0.2) is 10.2 Å². The Morgan fingerprint density at radius 1 is 1.50 bits per heavy atom. The predicted molar refractivity (Wildman–Crippen MR) is 66.2 cm³/mol. The number of hydrazone groups is 1. The van der Waals surface area contributed by atoms with Crippen LogP contribution in [0.25, 0.3) is 0 Å². The first-order valence-corrected chi connectivity index (χ1v) is 6.05. The van der Waals surface area contributed by atoms with Gasteiger partial charge in [0.15, 0.2) is 0 Å². The van der Waals surface area contributed by atoms with Crippen LogP contribution in [0.3, 0.4) is 0 Å². The Balaban J connectivity index is 2.34. The van der Waals surface area contributed by atoms with Gasteiger partial charge in [0.05, 0.1) is 5.71 Å². The van der Waals surface area contributed by atoms with Gasteiger partial charge in [-0.05, 0) is 31.3 Å². The zero-order valence-corrected chi connectivity index (χ0v) is 9.96. The van der Waals surface area contributed by atoms with Crippen molar-refractivity contribution in [2.75, 3.05) is 0 Å². The summed E-state index contributed by atoms with van der Waals surface area (Å²) in [5.41, 5.74) is 9.56. The van der Waals surface area contributed by atoms with E-state index in [0.717, 1.165) is 25.0 Å². The van der Waals surface area contributed by atoms with Gasteiger partial charge in [-0.3, -0.25) is 0 Å². The molecule has 2 amide bonds. The smallest absolute Gasteiger partial charge is 0.332 e. The zero-order valence-electron chi connectivity index (χ0n) is 9.96. The molecule has 0 unspecified atom stereocenters. The number of unbranched alkanes of at least 4 members (excludes halogenated alkanes) is 3. The van der Waals surface area contributed by atoms with E-state index in [1.807, 2.05) is 0 Å². The number of nitrogens with zero attached hydrogens (tertiary/aromatic N) is 1. The Morgan fingerprint density at radius 3 is 3.00 bits per heavy atom. The summed E-state index contributed by atoms with van der Waals surface area (Å²) in [5.74, 6) is 0. The van der Waals surface area contributed by atoms with E-state index in [2.05, 4.69) is 23.5 Å². The Morgan fingerprint density at radius 2 is 2.31 bits per heavy atom. The molecule has 0 bridgehead atoms. The summed E-state index contributed by atoms with van der Waals surface area (Å²) in [5, 5.41) is 4.03. The maximum Gasteiger partial charge on any atom is 0.332 e. The van der Waals surface area contributed by atoms with E-state index in [-0.39, 0.29) is 0 Å². The van der Waals surface area contributed by atoms with Crippen molar-refractivity contribution < 1.29 is 4.79 Å². The molecule has 16 heavy (non-hydrogen) atoms. The number of nitrogens with one attached hydrogen (secondary N) is 1. The van der Waals surface area contributed by atoms with Gasteiger partial charge in [-0.1, -0.05) is 32.3 Å². The third kappa shape index (κ3) is 4.47. The van der Waals surface area contributed by atoms with Crippen LogP contribution in [-0.2, 0) is 0 Å². The average molecular weight is 223 g/mol. The summed E-state index contributed by atoms with van der Waals surface area (Å²) in [4.78, 5) is 10.5. The zero-order chi connectivity index (χ0) is 11.8. The first kappa shape index (κ1) is 12.7. The van der Waals surface area contributed by atoms with Gasteiger partial charge in [-0.15, -0.1) is 0 Å². The van der Waals surface area contributed by atoms with Gasteiger partial charge in [0, 0.05) is 0 Å². The number of hydrogen-bond donors (Lipinski definition) is 2. The fraction of sp³-hybridized carbons (Fsp3) is 0.667. The van der Waals surface area contributed by atoms with Crippen molar-refractivity contribution in [1.29, 1.82) is 0 Å². The molecule has 0 radical (unpaired) electrons. The molecule has 0 fully saturated rings. The standard InChI is InChI=1S/C12H21N3O/c1-2-3-4-5-7-10-8-6-9-11(10)14-15-12(13)16/h8H,2-7,9H2,1H3,(H3,13,15,16). The molecular formula is C12H21N3O. The fourth-order valence-electron chi connectivity index (χ4n) is 1.90. The minimum absolute atomic E-state index is 0.593. The highest BCUT2D eigenvalue weighted by atomic mass is 16.2. The van der Waals surface area contributed by atoms with Gasteiger partial charge in [0.2, 0.25) is 0 Å². The average Bonchev–Trinajstić information content (AvgIpc) is 2.69. The maximum absolute atomic E-state index is 10.5. The summed E-state index contributed by atoms with van der Waals surface area (Å²) in [6.45, 7) is 2.21. The number of primary amides is 1. The lowest BCUT2D eigenvalue weighted by Gasteiger charge is -2.04. The molecule has 0 aromatic heterocycles. The molecular weight excluding hydrogens is 202 g/mol. The van der Waals surface area contributed by atoms with Crippen molar-refractivity contribution in [3.63, 3.8) is 0 Å². The second-order valence-electron chi connectivity index (χ2n) is 4.11. The summed E-state index contributed by atoms with van der Waals surface area (Å²) >= 11 is 0. The van der Waals surface area contributed by atoms with Gasteiger partial charge < -0.3 is 5.73 Å². The molecule has 1 aliphatic carbocycles. The number of hydrogen-bond acceptors (Lipinski definition) is 2. The van der Waals surface area contributed by atoms with Crippen LogP contribution in [0.4, 0.5) is 4.79 Å². The molecule has 0 saturated carbocycles. The molecule has 3 N–H and O–H groups in total. The monoisotopic (exact) mass is 223 g/mol. The van der Waals surface area contributed by atoms with E-state index in [1.54, 1.807) is 0 Å². The Kier molecular flexibility index (Phi) is 5.61. The quantitative estimate of drug-likeness (QED) is 0.527. The third-order valence-electron chi connectivity index (χ3n) is 2.74. The van der Waals surface area contributed by atoms with E-state index in [0.29, 0.717) is 0 Å². The van der Waals surface area contributed by atoms with Crippen LogP contribution in [0, 0.1) is 0 Å². The summed E-state index contributed by atoms with van der Waals surface area (Å²) in [6.07, 6.45) is 10.3. The molecule has 90 valence electrons. The number of allylic oxidation sites excluding steroid dienone is 2. The van der Waals surface area contributed by atoms with Crippen molar-refractivity contribution in [3.05, 3.63) is 11.6 Å². The minimum atomic E-state index is -0.593. The van der Waals surface area contributed by atoms with Crippen LogP contribution in [0.2, 0.25) is 0 Å². The molecule has 0 aromatic carbocycles. The van der Waals surface area contributed by atoms with E-state index in [4.69, 9.17) is 5.73 Å². The van der Waals surface area contributed by atoms with E-state index in [9.17, 15) is 4.79 Å². The normalized spacial score (nSPS) is 17.6. The summed E-state index contributed by atoms with van der Waals surface area (Å²) in [7, 11) is 0. The molecule has 0 aromatic rings. The lowest BCUT2D eigenvalue weighted by Crippen LogP contribution is -2.25. The lowest BCUT2D eigenvalue weighted by atomic mass is 10.1. The van der Waals surface area contributed by atoms with Crippen molar-refractivity contribution in [2.45, 2.75) is 51.9 Å². The Labute approximate surface area is 97.0 Å². The highest BCUT2D eigenvalue weighted by Gasteiger charge is 2.12. The first-order valence-electron chi connectivity index (χ1n) is 6.05. The molecule has 0 aliphatic heterocycles. The number of rotatable bonds is 6. The van der Waals surface area contributed by atoms with Gasteiger partial charge >= 0.3 is 6.03 Å². The molecule has 0 saturated heterocycles. The SMILES string of the molecule is CCCCCCC1=CCCC1=NNC(N)=O. The van der Waals surface area contributed by atoms with Crippen LogP contribution in [-0.4, -0.2) is 11.7 Å². The predicted octanol–water partition coefficient (Wildman–Crippen LogP) is 2.70. The molecule has 0 spiro atoms. The largest absolute Gasteiger partial charge is 0.350 e. The fourth-order valence-corrected chi connectivity index (χ4v) is 1.90.